The number of hydrogen-bond donors (Lipinski definition) is 0. The van der Waals surface area contributed by atoms with Crippen molar-refractivity contribution < 1.29 is 9.47 Å². The minimum absolute atomic E-state index is 0.0174. The Morgan fingerprint density at radius 2 is 1.54 bits per heavy atom. The van der Waals surface area contributed by atoms with Crippen molar-refractivity contribution in [2.24, 2.45) is 11.8 Å². The number of hydrogen-bond acceptors (Lipinski definition) is 3. The first-order chi connectivity index (χ1) is 18.0. The molecule has 0 bridgehead atoms. The molecule has 3 aromatic carbocycles. The van der Waals surface area contributed by atoms with Gasteiger partial charge in [0.25, 0.3) is 0 Å². The normalized spacial score (nSPS) is 27.2. The van der Waals surface area contributed by atoms with Gasteiger partial charge in [-0.15, -0.1) is 0 Å². The van der Waals surface area contributed by atoms with Gasteiger partial charge in [0.15, 0.2) is 0 Å². The Bertz CT molecular complexity index is 1110. The molecule has 0 unspecified atom stereocenters. The zero-order chi connectivity index (χ0) is 25.8. The van der Waals surface area contributed by atoms with Crippen LogP contribution in [0.2, 0.25) is 4.82 Å². The molecule has 2 aliphatic rings. The van der Waals surface area contributed by atoms with Crippen molar-refractivity contribution in [2.45, 2.75) is 68.8 Å². The summed E-state index contributed by atoms with van der Waals surface area (Å²) in [6.45, 7) is 8.25. The fourth-order valence-corrected chi connectivity index (χ4v) is 9.16. The molecule has 3 nitrogen and oxygen atoms in total. The van der Waals surface area contributed by atoms with Crippen molar-refractivity contribution >= 4 is 19.4 Å². The van der Waals surface area contributed by atoms with E-state index in [0.717, 1.165) is 18.9 Å². The molecule has 1 saturated carbocycles. The van der Waals surface area contributed by atoms with Gasteiger partial charge in [0.1, 0.15) is 0 Å². The summed E-state index contributed by atoms with van der Waals surface area (Å²) in [6.07, 6.45) is 3.97. The molecule has 0 spiro atoms. The summed E-state index contributed by atoms with van der Waals surface area (Å²) < 4.78 is 14.8. The standard InChI is InChI=1S/C33H41NO2Se/c1-24-20-21-28-29(22-24)36-32(26-16-10-6-11-17-26)34(33(28,2)3)23-30(37-27-18-12-7-13-19-27)31(35-4)25-14-8-5-9-15-25/h5-19,24,28-32H,20-23H2,1-4H3/t24-,28-,29-,30+,31-,32+/m1/s1. The Morgan fingerprint density at radius 3 is 2.19 bits per heavy atom. The second-order valence-corrected chi connectivity index (χ2v) is 14.1. The van der Waals surface area contributed by atoms with Gasteiger partial charge >= 0.3 is 230 Å². The molecule has 6 atom stereocenters. The Hall–Kier alpha value is -1.94. The van der Waals surface area contributed by atoms with Crippen LogP contribution in [0.3, 0.4) is 0 Å². The number of methoxy groups -OCH3 is 1. The van der Waals surface area contributed by atoms with Crippen LogP contribution in [0.4, 0.5) is 0 Å². The van der Waals surface area contributed by atoms with E-state index in [-0.39, 0.29) is 32.8 Å². The number of ether oxygens (including phenoxy) is 2. The monoisotopic (exact) mass is 563 g/mol. The van der Waals surface area contributed by atoms with E-state index in [1.165, 1.54) is 28.4 Å². The molecule has 5 rings (SSSR count). The molecule has 196 valence electrons. The topological polar surface area (TPSA) is 21.7 Å². The molecule has 1 aliphatic carbocycles. The molecule has 3 aromatic rings. The minimum atomic E-state index is -0.0508. The fraction of sp³-hybridized carbons (Fsp3) is 0.455. The van der Waals surface area contributed by atoms with Crippen molar-refractivity contribution in [1.29, 1.82) is 0 Å². The first kappa shape index (κ1) is 26.7. The molecule has 0 aromatic heterocycles. The molecule has 0 N–H and O–H groups in total. The van der Waals surface area contributed by atoms with Crippen molar-refractivity contribution in [3.8, 4) is 0 Å². The van der Waals surface area contributed by atoms with E-state index in [4.69, 9.17) is 9.47 Å². The second kappa shape index (κ2) is 11.8. The van der Waals surface area contributed by atoms with Crippen molar-refractivity contribution in [1.82, 2.24) is 4.90 Å². The van der Waals surface area contributed by atoms with E-state index < -0.39 is 0 Å². The molecule has 1 heterocycles. The molecular formula is C33H41NO2Se. The van der Waals surface area contributed by atoms with Crippen LogP contribution in [0, 0.1) is 11.8 Å². The van der Waals surface area contributed by atoms with E-state index in [2.05, 4.69) is 117 Å². The Labute approximate surface area is 229 Å². The van der Waals surface area contributed by atoms with Crippen LogP contribution in [0.1, 0.15) is 63.5 Å². The Morgan fingerprint density at radius 1 is 0.919 bits per heavy atom. The van der Waals surface area contributed by atoms with Gasteiger partial charge in [-0.1, -0.05) is 0 Å². The fourth-order valence-electron chi connectivity index (χ4n) is 6.46. The Balaban J connectivity index is 1.53. The van der Waals surface area contributed by atoms with Crippen LogP contribution in [0.15, 0.2) is 91.0 Å². The molecule has 37 heavy (non-hydrogen) atoms. The van der Waals surface area contributed by atoms with Gasteiger partial charge in [-0.2, -0.15) is 0 Å². The summed E-state index contributed by atoms with van der Waals surface area (Å²) in [7, 11) is 1.87. The maximum atomic E-state index is 7.06. The van der Waals surface area contributed by atoms with Crippen LogP contribution in [-0.2, 0) is 9.47 Å². The molecule has 0 radical (unpaired) electrons. The average molecular weight is 563 g/mol. The van der Waals surface area contributed by atoms with E-state index in [1.807, 2.05) is 7.11 Å². The Kier molecular flexibility index (Phi) is 8.53. The van der Waals surface area contributed by atoms with E-state index in [0.29, 0.717) is 16.8 Å². The van der Waals surface area contributed by atoms with Gasteiger partial charge in [-0.05, 0) is 0 Å². The predicted octanol–water partition coefficient (Wildman–Crippen LogP) is 6.81. The number of benzene rings is 3. The SMILES string of the molecule is CO[C@H](c1ccccc1)[C@H](CN1[C@H](c2ccccc2)O[C@@H]2C[C@H](C)CC[C@H]2C1(C)C)[Se]c1ccccc1. The summed E-state index contributed by atoms with van der Waals surface area (Å²) in [5.74, 6) is 1.26. The van der Waals surface area contributed by atoms with E-state index in [1.54, 1.807) is 0 Å². The molecule has 1 aliphatic heterocycles. The first-order valence-corrected chi connectivity index (χ1v) is 15.6. The number of nitrogens with zero attached hydrogens (tertiary/aromatic N) is 1. The van der Waals surface area contributed by atoms with Gasteiger partial charge in [0.05, 0.1) is 0 Å². The first-order valence-electron chi connectivity index (χ1n) is 13.7. The van der Waals surface area contributed by atoms with Gasteiger partial charge in [0.2, 0.25) is 0 Å². The van der Waals surface area contributed by atoms with Gasteiger partial charge in [-0.25, -0.2) is 0 Å². The van der Waals surface area contributed by atoms with Gasteiger partial charge in [0, 0.05) is 0 Å². The summed E-state index contributed by atoms with van der Waals surface area (Å²) in [5, 5.41) is 0. The molecule has 1 saturated heterocycles. The second-order valence-electron chi connectivity index (χ2n) is 11.3. The maximum absolute atomic E-state index is 7.06. The van der Waals surface area contributed by atoms with Crippen LogP contribution < -0.4 is 4.46 Å². The van der Waals surface area contributed by atoms with E-state index >= 15 is 0 Å². The summed E-state index contributed by atoms with van der Waals surface area (Å²) in [5.41, 5.74) is 2.53. The van der Waals surface area contributed by atoms with Gasteiger partial charge < -0.3 is 0 Å². The quantitative estimate of drug-likeness (QED) is 0.282. The van der Waals surface area contributed by atoms with Crippen LogP contribution >= 0.6 is 0 Å². The molecule has 0 amide bonds. The van der Waals surface area contributed by atoms with E-state index in [9.17, 15) is 0 Å². The van der Waals surface area contributed by atoms with Crippen LogP contribution in [0.25, 0.3) is 0 Å². The summed E-state index contributed by atoms with van der Waals surface area (Å²) in [6, 6.07) is 32.6. The summed E-state index contributed by atoms with van der Waals surface area (Å²) >= 11 is 0.229. The predicted molar refractivity (Wildman–Crippen MR) is 153 cm³/mol. The summed E-state index contributed by atoms with van der Waals surface area (Å²) in [4.78, 5) is 3.01. The van der Waals surface area contributed by atoms with Crippen LogP contribution in [-0.4, -0.2) is 45.2 Å². The number of rotatable bonds is 8. The molecule has 4 heteroatoms. The third kappa shape index (κ3) is 5.90. The molecular weight excluding hydrogens is 521 g/mol. The van der Waals surface area contributed by atoms with Crippen molar-refractivity contribution in [3.63, 3.8) is 0 Å². The third-order valence-corrected chi connectivity index (χ3v) is 11.1. The average Bonchev–Trinajstić information content (AvgIpc) is 2.92. The number of fused-ring (bicyclic) bond motifs is 1. The van der Waals surface area contributed by atoms with Crippen molar-refractivity contribution in [2.75, 3.05) is 13.7 Å². The molecule has 2 fully saturated rings. The zero-order valence-corrected chi connectivity index (χ0v) is 24.3. The third-order valence-electron chi connectivity index (χ3n) is 8.50. The van der Waals surface area contributed by atoms with Crippen LogP contribution in [0.5, 0.6) is 0 Å². The van der Waals surface area contributed by atoms with Gasteiger partial charge in [-0.3, -0.25) is 0 Å². The zero-order valence-electron chi connectivity index (χ0n) is 22.6. The van der Waals surface area contributed by atoms with Crippen molar-refractivity contribution in [3.05, 3.63) is 102 Å².